The minimum Gasteiger partial charge on any atom is -0.276 e. The number of hydrogen-bond acceptors (Lipinski definition) is 1. The Morgan fingerprint density at radius 3 is 2.39 bits per heavy atom. The lowest BCUT2D eigenvalue weighted by atomic mass is 10.2. The van der Waals surface area contributed by atoms with Gasteiger partial charge in [0.15, 0.2) is 0 Å². The van der Waals surface area contributed by atoms with Gasteiger partial charge in [-0.05, 0) is 52.2 Å². The fraction of sp³-hybridized carbons (Fsp3) is 0. The van der Waals surface area contributed by atoms with Crippen LogP contribution in [0.1, 0.15) is 0 Å². The Hall–Kier alpha value is -1.62. The second kappa shape index (κ2) is 4.57. The first kappa shape index (κ1) is 11.5. The van der Waals surface area contributed by atoms with Crippen molar-refractivity contribution in [2.75, 3.05) is 0 Å². The van der Waals surface area contributed by atoms with Gasteiger partial charge < -0.3 is 0 Å². The first-order valence-electron chi connectivity index (χ1n) is 5.63. The Morgan fingerprint density at radius 2 is 1.56 bits per heavy atom. The molecule has 0 aliphatic heterocycles. The first-order valence-corrected chi connectivity index (χ1v) is 6.71. The molecule has 0 spiro atoms. The highest BCUT2D eigenvalue weighted by Crippen LogP contribution is 2.20. The number of hydrogen-bond donors (Lipinski definition) is 0. The van der Waals surface area contributed by atoms with Crippen molar-refractivity contribution in [3.63, 3.8) is 0 Å². The van der Waals surface area contributed by atoms with E-state index in [0.717, 1.165) is 20.2 Å². The van der Waals surface area contributed by atoms with Crippen LogP contribution >= 0.6 is 22.6 Å². The summed E-state index contributed by atoms with van der Waals surface area (Å²) in [4.78, 5) is 12.1. The number of halogens is 1. The molecule has 3 aromatic rings. The molecule has 0 N–H and O–H groups in total. The molecule has 0 saturated heterocycles. The van der Waals surface area contributed by atoms with E-state index in [1.807, 2.05) is 54.6 Å². The highest BCUT2D eigenvalue weighted by Gasteiger charge is 2.07. The molecule has 0 bridgehead atoms. The number of fused-ring (bicyclic) bond motifs is 1. The minimum atomic E-state index is -0.00202. The lowest BCUT2D eigenvalue weighted by Gasteiger charge is -2.11. The van der Waals surface area contributed by atoms with Crippen molar-refractivity contribution >= 4 is 33.5 Å². The van der Waals surface area contributed by atoms with E-state index in [1.54, 1.807) is 10.6 Å². The van der Waals surface area contributed by atoms with E-state index >= 15 is 0 Å². The molecule has 3 rings (SSSR count). The van der Waals surface area contributed by atoms with Crippen molar-refractivity contribution < 1.29 is 0 Å². The third kappa shape index (κ3) is 1.84. The highest BCUT2D eigenvalue weighted by atomic mass is 127. The van der Waals surface area contributed by atoms with Gasteiger partial charge in [-0.3, -0.25) is 9.36 Å². The van der Waals surface area contributed by atoms with Crippen LogP contribution in [0, 0.1) is 3.57 Å². The molecule has 0 aliphatic carbocycles. The average molecular weight is 347 g/mol. The van der Waals surface area contributed by atoms with E-state index in [-0.39, 0.29) is 5.56 Å². The summed E-state index contributed by atoms with van der Waals surface area (Å²) in [5.41, 5.74) is 1.87. The van der Waals surface area contributed by atoms with Crippen LogP contribution in [0.5, 0.6) is 0 Å². The summed E-state index contributed by atoms with van der Waals surface area (Å²) >= 11 is 2.25. The second-order valence-electron chi connectivity index (χ2n) is 4.02. The number of nitrogens with zero attached hydrogens (tertiary/aromatic N) is 1. The van der Waals surface area contributed by atoms with Crippen LogP contribution in [-0.2, 0) is 0 Å². The third-order valence-electron chi connectivity index (χ3n) is 2.90. The van der Waals surface area contributed by atoms with Gasteiger partial charge >= 0.3 is 0 Å². The maximum absolute atomic E-state index is 12.1. The molecule has 2 aromatic carbocycles. The van der Waals surface area contributed by atoms with E-state index in [0.29, 0.717) is 0 Å². The Bertz CT molecular complexity index is 777. The van der Waals surface area contributed by atoms with Gasteiger partial charge in [0.25, 0.3) is 5.56 Å². The summed E-state index contributed by atoms with van der Waals surface area (Å²) in [5.74, 6) is 0. The SMILES string of the molecule is O=c1ccc2ccccc2n1-c1ccccc1I. The number of pyridine rings is 1. The highest BCUT2D eigenvalue weighted by molar-refractivity contribution is 14.1. The van der Waals surface area contributed by atoms with Crippen LogP contribution in [0.2, 0.25) is 0 Å². The molecular weight excluding hydrogens is 337 g/mol. The van der Waals surface area contributed by atoms with Crippen molar-refractivity contribution in [2.45, 2.75) is 0 Å². The van der Waals surface area contributed by atoms with Gasteiger partial charge in [-0.1, -0.05) is 30.3 Å². The van der Waals surface area contributed by atoms with Gasteiger partial charge in [0.2, 0.25) is 0 Å². The summed E-state index contributed by atoms with van der Waals surface area (Å²) in [6.07, 6.45) is 0. The molecule has 0 aliphatic rings. The van der Waals surface area contributed by atoms with Crippen LogP contribution in [-0.4, -0.2) is 4.57 Å². The Morgan fingerprint density at radius 1 is 0.833 bits per heavy atom. The predicted molar refractivity (Wildman–Crippen MR) is 82.3 cm³/mol. The van der Waals surface area contributed by atoms with Crippen LogP contribution in [0.15, 0.2) is 65.5 Å². The third-order valence-corrected chi connectivity index (χ3v) is 3.81. The molecule has 2 nitrogen and oxygen atoms in total. The van der Waals surface area contributed by atoms with Crippen molar-refractivity contribution in [1.29, 1.82) is 0 Å². The molecular formula is C15H10INO. The molecule has 18 heavy (non-hydrogen) atoms. The van der Waals surface area contributed by atoms with Gasteiger partial charge in [-0.2, -0.15) is 0 Å². The molecule has 0 radical (unpaired) electrons. The Balaban J connectivity index is 2.46. The monoisotopic (exact) mass is 347 g/mol. The summed E-state index contributed by atoms with van der Waals surface area (Å²) in [7, 11) is 0. The topological polar surface area (TPSA) is 22.0 Å². The van der Waals surface area contributed by atoms with E-state index < -0.39 is 0 Å². The Kier molecular flexibility index (Phi) is 2.91. The molecule has 0 amide bonds. The lowest BCUT2D eigenvalue weighted by Crippen LogP contribution is -2.18. The molecule has 88 valence electrons. The van der Waals surface area contributed by atoms with E-state index in [9.17, 15) is 4.79 Å². The molecule has 0 fully saturated rings. The van der Waals surface area contributed by atoms with Crippen molar-refractivity contribution in [3.8, 4) is 5.69 Å². The van der Waals surface area contributed by atoms with Crippen molar-refractivity contribution in [1.82, 2.24) is 4.57 Å². The number of para-hydroxylation sites is 2. The van der Waals surface area contributed by atoms with Crippen LogP contribution < -0.4 is 5.56 Å². The van der Waals surface area contributed by atoms with Gasteiger partial charge in [0, 0.05) is 9.64 Å². The molecule has 0 unspecified atom stereocenters. The molecule has 0 saturated carbocycles. The number of benzene rings is 2. The zero-order chi connectivity index (χ0) is 12.5. The van der Waals surface area contributed by atoms with Gasteiger partial charge in [0.1, 0.15) is 0 Å². The average Bonchev–Trinajstić information content (AvgIpc) is 2.40. The van der Waals surface area contributed by atoms with E-state index in [1.165, 1.54) is 0 Å². The standard InChI is InChI=1S/C15H10INO/c16-12-6-2-4-8-14(12)17-13-7-3-1-5-11(13)9-10-15(17)18/h1-10H. The summed E-state index contributed by atoms with van der Waals surface area (Å²) < 4.78 is 2.82. The van der Waals surface area contributed by atoms with Gasteiger partial charge in [-0.25, -0.2) is 0 Å². The van der Waals surface area contributed by atoms with E-state index in [4.69, 9.17) is 0 Å². The zero-order valence-electron chi connectivity index (χ0n) is 9.51. The zero-order valence-corrected chi connectivity index (χ0v) is 11.7. The fourth-order valence-electron chi connectivity index (χ4n) is 2.07. The fourth-order valence-corrected chi connectivity index (χ4v) is 2.70. The maximum Gasteiger partial charge on any atom is 0.255 e. The smallest absolute Gasteiger partial charge is 0.255 e. The summed E-state index contributed by atoms with van der Waals surface area (Å²) in [6.45, 7) is 0. The summed E-state index contributed by atoms with van der Waals surface area (Å²) in [6, 6.07) is 19.3. The van der Waals surface area contributed by atoms with E-state index in [2.05, 4.69) is 22.6 Å². The van der Waals surface area contributed by atoms with Crippen molar-refractivity contribution in [3.05, 3.63) is 74.6 Å². The van der Waals surface area contributed by atoms with Gasteiger partial charge in [0.05, 0.1) is 11.2 Å². The number of rotatable bonds is 1. The van der Waals surface area contributed by atoms with Crippen LogP contribution in [0.3, 0.4) is 0 Å². The summed E-state index contributed by atoms with van der Waals surface area (Å²) in [5, 5.41) is 1.07. The number of aromatic nitrogens is 1. The van der Waals surface area contributed by atoms with Gasteiger partial charge in [-0.15, -0.1) is 0 Å². The largest absolute Gasteiger partial charge is 0.276 e. The maximum atomic E-state index is 12.1. The van der Waals surface area contributed by atoms with Crippen molar-refractivity contribution in [2.24, 2.45) is 0 Å². The predicted octanol–water partition coefficient (Wildman–Crippen LogP) is 3.60. The molecule has 0 atom stereocenters. The minimum absolute atomic E-state index is 0.00202. The first-order chi connectivity index (χ1) is 8.77. The second-order valence-corrected chi connectivity index (χ2v) is 5.18. The van der Waals surface area contributed by atoms with Crippen LogP contribution in [0.25, 0.3) is 16.6 Å². The Labute approximate surface area is 118 Å². The normalized spacial score (nSPS) is 10.7. The molecule has 1 aromatic heterocycles. The molecule has 1 heterocycles. The lowest BCUT2D eigenvalue weighted by molar-refractivity contribution is 1.04. The molecule has 3 heteroatoms. The van der Waals surface area contributed by atoms with Crippen LogP contribution in [0.4, 0.5) is 0 Å². The quantitative estimate of drug-likeness (QED) is 0.617.